The molecule has 0 nitrogen and oxygen atoms in total. The summed E-state index contributed by atoms with van der Waals surface area (Å²) in [7, 11) is 1.85. The van der Waals surface area contributed by atoms with Gasteiger partial charge in [0, 0.05) is 0 Å². The Balaban J connectivity index is 0.000000137. The van der Waals surface area contributed by atoms with Gasteiger partial charge in [-0.2, -0.15) is 0 Å². The van der Waals surface area contributed by atoms with Crippen LogP contribution in [0.15, 0.2) is 546 Å². The molecule has 0 amide bonds. The van der Waals surface area contributed by atoms with Crippen molar-refractivity contribution in [3.63, 3.8) is 0 Å². The van der Waals surface area contributed by atoms with Crippen molar-refractivity contribution in [2.24, 2.45) is 0 Å². The van der Waals surface area contributed by atoms with Crippen LogP contribution in [0.3, 0.4) is 0 Å². The minimum atomic E-state index is -0.446. The Bertz CT molecular complexity index is 4080. The molecule has 0 N–H and O–H groups in total. The smallest absolute Gasteiger partial charge is 0.0622 e. The molecule has 0 unspecified atom stereocenters. The third-order valence-electron chi connectivity index (χ3n) is 18.3. The fraction of sp³-hybridized carbons (Fsp3) is 0. The first-order valence-electron chi connectivity index (χ1n) is 38.5. The van der Waals surface area contributed by atoms with Crippen LogP contribution in [0.1, 0.15) is 0 Å². The molecule has 0 aliphatic heterocycles. The normalized spacial score (nSPS) is 10.4. The van der Waals surface area contributed by atoms with Gasteiger partial charge in [-0.05, 0) is 143 Å². The molecule has 576 valence electrons. The van der Waals surface area contributed by atoms with E-state index in [1.165, 1.54) is 95.5 Å². The van der Waals surface area contributed by atoms with E-state index < -0.39 is 47.5 Å². The third-order valence-corrected chi connectivity index (χ3v) is 32.9. The maximum absolute atomic E-state index is 4.53. The van der Waals surface area contributed by atoms with Gasteiger partial charge in [-0.3, -0.25) is 0 Å². The zero-order valence-electron chi connectivity index (χ0n) is 64.7. The molecule has 0 saturated heterocycles. The largest absolute Gasteiger partial charge is 1.00 e. The molecule has 0 fully saturated rings. The Hall–Kier alpha value is -9.92. The molecule has 0 radical (unpaired) electrons. The van der Waals surface area contributed by atoms with Gasteiger partial charge in [-0.1, -0.05) is 546 Å². The molecule has 0 saturated carbocycles. The van der Waals surface area contributed by atoms with Crippen LogP contribution in [0.25, 0.3) is 0 Å². The fourth-order valence-corrected chi connectivity index (χ4v) is 26.9. The van der Waals surface area contributed by atoms with Crippen molar-refractivity contribution >= 4 is 153 Å². The molecule has 0 aromatic heterocycles. The summed E-state index contributed by atoms with van der Waals surface area (Å²) in [4.78, 5) is 0. The Labute approximate surface area is 728 Å². The van der Waals surface area contributed by atoms with E-state index in [1.54, 1.807) is 0 Å². The van der Waals surface area contributed by atoms with Crippen LogP contribution in [-0.4, -0.2) is 0 Å². The first-order chi connectivity index (χ1) is 57.7. The van der Waals surface area contributed by atoms with Gasteiger partial charge in [0.1, 0.15) is 0 Å². The Morgan fingerprint density at radius 3 is 0.179 bits per heavy atom. The van der Waals surface area contributed by atoms with Crippen LogP contribution in [0.5, 0.6) is 0 Å². The van der Waals surface area contributed by atoms with E-state index >= 15 is 0 Å². The summed E-state index contributed by atoms with van der Waals surface area (Å²) < 4.78 is 0. The molecule has 0 spiro atoms. The van der Waals surface area contributed by atoms with Crippen molar-refractivity contribution in [1.29, 1.82) is 0 Å². The van der Waals surface area contributed by atoms with Crippen LogP contribution in [-0.2, 0) is 36.8 Å². The topological polar surface area (TPSA) is 0 Å². The monoisotopic (exact) mass is 1810 g/mol. The minimum Gasteiger partial charge on any atom is -0.0622 e. The average molecular weight is 1820 g/mol. The summed E-state index contributed by atoms with van der Waals surface area (Å²) in [5, 5.41) is 25.2. The van der Waals surface area contributed by atoms with Crippen molar-refractivity contribution in [2.45, 2.75) is 0 Å². The van der Waals surface area contributed by atoms with Gasteiger partial charge >= 0.3 is 46.5 Å². The molecule has 0 bridgehead atoms. The Morgan fingerprint density at radius 1 is 0.0940 bits per heavy atom. The van der Waals surface area contributed by atoms with Crippen molar-refractivity contribution < 1.29 is 36.8 Å². The molecule has 0 aliphatic rings. The quantitative estimate of drug-likeness (QED) is 0.0593. The third kappa shape index (κ3) is 27.1. The zero-order chi connectivity index (χ0) is 79.5. The first-order valence-corrected chi connectivity index (χ1v) is 48.7. The molecule has 117 heavy (non-hydrogen) atoms. The number of rotatable bonds is 18. The van der Waals surface area contributed by atoms with Gasteiger partial charge in [0.05, 0.1) is 0 Å². The molecule has 0 aliphatic carbocycles. The van der Waals surface area contributed by atoms with Crippen LogP contribution in [0.2, 0.25) is 0 Å². The van der Waals surface area contributed by atoms with E-state index in [2.05, 4.69) is 556 Å². The maximum atomic E-state index is 4.53. The predicted octanol–water partition coefficient (Wildman–Crippen LogP) is 21.4. The van der Waals surface area contributed by atoms with Crippen LogP contribution >= 0.6 is 57.2 Å². The minimum absolute atomic E-state index is 0. The maximum Gasteiger partial charge on any atom is 1.00 e. The number of benzene rings is 18. The van der Waals surface area contributed by atoms with Crippen molar-refractivity contribution in [3.05, 3.63) is 546 Å². The van der Waals surface area contributed by atoms with E-state index in [9.17, 15) is 0 Å². The van der Waals surface area contributed by atoms with E-state index in [1.807, 2.05) is 17.3 Å². The summed E-state index contributed by atoms with van der Waals surface area (Å²) >= 11 is 2.02. The summed E-state index contributed by atoms with van der Waals surface area (Å²) in [6.45, 7) is 0. The van der Waals surface area contributed by atoms with Crippen molar-refractivity contribution in [2.75, 3.05) is 0 Å². The number of hydrogen-bond acceptors (Lipinski definition) is 0. The molecule has 9 heteroatoms. The summed E-state index contributed by atoms with van der Waals surface area (Å²) in [5.41, 5.74) is 0. The summed E-state index contributed by atoms with van der Waals surface area (Å²) in [6.07, 6.45) is 0. The van der Waals surface area contributed by atoms with Gasteiger partial charge in [0.25, 0.3) is 0 Å². The first kappa shape index (κ1) is 87.9. The van der Waals surface area contributed by atoms with E-state index in [0.717, 1.165) is 0 Å². The number of hydrogen-bond donors (Lipinski definition) is 0. The second-order valence-corrected chi connectivity index (χ2v) is 39.4. The Morgan fingerprint density at radius 2 is 0.137 bits per heavy atom. The van der Waals surface area contributed by atoms with E-state index in [0.29, 0.717) is 0 Å². The van der Waals surface area contributed by atoms with E-state index in [4.69, 9.17) is 0 Å². The zero-order valence-corrected chi connectivity index (χ0v) is 74.1. The second-order valence-electron chi connectivity index (χ2n) is 26.1. The molecule has 0 heterocycles. The van der Waals surface area contributed by atoms with Gasteiger partial charge in [-0.25, -0.2) is 0 Å². The standard InChI is InChI=1S/6C18H15P.ClH.2Rh/c6*1-4-10-16(11-5-1)19(17-12-6-2-7-13-17)18-14-8-3-9-15-18;;;/h6*1-15H;1H;;/q;;;;;;;2*+1/p-1. The van der Waals surface area contributed by atoms with Crippen LogP contribution in [0.4, 0.5) is 0 Å². The molecule has 18 aromatic carbocycles. The fourth-order valence-electron chi connectivity index (χ4n) is 13.1. The molecule has 18 rings (SSSR count). The predicted molar refractivity (Wildman–Crippen MR) is 517 cm³/mol. The molecule has 18 aromatic rings. The van der Waals surface area contributed by atoms with Gasteiger partial charge in [-0.15, -0.1) is 0 Å². The van der Waals surface area contributed by atoms with Gasteiger partial charge in [0.2, 0.25) is 0 Å². The van der Waals surface area contributed by atoms with Crippen molar-refractivity contribution in [3.8, 4) is 0 Å². The summed E-state index contributed by atoms with van der Waals surface area (Å²) in [6, 6.07) is 194. The Kier molecular flexibility index (Phi) is 38.0. The number of halogens is 1. The molecular weight excluding hydrogens is 1720 g/mol. The SMILES string of the molecule is [Cl][Rh].[Rh+].c1ccc(P(c2ccccc2)c2ccccc2)cc1.c1ccc(P(c2ccccc2)c2ccccc2)cc1.c1ccc(P(c2ccccc2)c2ccccc2)cc1.c1ccc(P(c2ccccc2)c2ccccc2)cc1.c1ccc(P(c2ccccc2)c2ccccc2)cc1.c1ccc(P(c2ccccc2)c2ccccc2)cc1. The van der Waals surface area contributed by atoms with Crippen molar-refractivity contribution in [1.82, 2.24) is 0 Å². The molecular formula is C108H90ClP6Rh2+. The van der Waals surface area contributed by atoms with Gasteiger partial charge in [0.15, 0.2) is 0 Å². The van der Waals surface area contributed by atoms with Crippen LogP contribution < -0.4 is 95.5 Å². The second kappa shape index (κ2) is 50.6. The average Bonchev–Trinajstić information content (AvgIpc) is 0.854. The van der Waals surface area contributed by atoms with Crippen LogP contribution in [0, 0.1) is 0 Å². The molecule has 0 atom stereocenters. The van der Waals surface area contributed by atoms with Gasteiger partial charge < -0.3 is 0 Å². The van der Waals surface area contributed by atoms with E-state index in [-0.39, 0.29) is 19.5 Å². The summed E-state index contributed by atoms with van der Waals surface area (Å²) in [5.74, 6) is 0.